The average Bonchev–Trinajstić information content (AvgIpc) is 2.37. The maximum Gasteiger partial charge on any atom is 0.243 e. The van der Waals surface area contributed by atoms with Gasteiger partial charge in [0.05, 0.1) is 17.1 Å². The molecule has 0 amide bonds. The smallest absolute Gasteiger partial charge is 0.243 e. The highest BCUT2D eigenvalue weighted by molar-refractivity contribution is 7.89. The van der Waals surface area contributed by atoms with E-state index in [9.17, 15) is 8.42 Å². The third-order valence-corrected chi connectivity index (χ3v) is 5.20. The Labute approximate surface area is 115 Å². The van der Waals surface area contributed by atoms with Crippen molar-refractivity contribution in [3.05, 3.63) is 29.8 Å². The highest BCUT2D eigenvalue weighted by Gasteiger charge is 2.31. The van der Waals surface area contributed by atoms with Crippen LogP contribution in [0.2, 0.25) is 0 Å². The molecule has 1 aliphatic rings. The van der Waals surface area contributed by atoms with Crippen LogP contribution in [0, 0.1) is 0 Å². The third-order valence-electron chi connectivity index (χ3n) is 3.36. The maximum absolute atomic E-state index is 12.5. The summed E-state index contributed by atoms with van der Waals surface area (Å²) >= 11 is 0. The Morgan fingerprint density at radius 1 is 1.16 bits per heavy atom. The predicted octanol–water partition coefficient (Wildman–Crippen LogP) is 2.05. The van der Waals surface area contributed by atoms with Crippen molar-refractivity contribution in [2.24, 2.45) is 0 Å². The van der Waals surface area contributed by atoms with Gasteiger partial charge in [0.2, 0.25) is 10.0 Å². The van der Waals surface area contributed by atoms with Crippen LogP contribution in [0.4, 0.5) is 0 Å². The van der Waals surface area contributed by atoms with Crippen LogP contribution in [0.15, 0.2) is 29.2 Å². The molecule has 0 spiro atoms. The Balaban J connectivity index is 2.25. The fourth-order valence-corrected chi connectivity index (χ4v) is 3.96. The summed E-state index contributed by atoms with van der Waals surface area (Å²) in [6, 6.07) is 7.14. The lowest BCUT2D eigenvalue weighted by Gasteiger charge is -2.34. The van der Waals surface area contributed by atoms with Crippen LogP contribution in [0.25, 0.3) is 0 Å². The molecule has 0 aliphatic carbocycles. The van der Waals surface area contributed by atoms with Crippen LogP contribution in [-0.4, -0.2) is 38.0 Å². The minimum Gasteiger partial charge on any atom is -0.373 e. The second kappa shape index (κ2) is 5.61. The van der Waals surface area contributed by atoms with Gasteiger partial charge in [0.15, 0.2) is 0 Å². The van der Waals surface area contributed by atoms with Gasteiger partial charge in [-0.25, -0.2) is 8.42 Å². The van der Waals surface area contributed by atoms with Gasteiger partial charge < -0.3 is 4.74 Å². The molecule has 2 rings (SSSR count). The molecule has 4 nitrogen and oxygen atoms in total. The van der Waals surface area contributed by atoms with Crippen molar-refractivity contribution in [1.29, 1.82) is 0 Å². The zero-order valence-corrected chi connectivity index (χ0v) is 12.5. The second-order valence-electron chi connectivity index (χ2n) is 5.08. The molecule has 1 aromatic rings. The number of hydrogen-bond acceptors (Lipinski definition) is 3. The van der Waals surface area contributed by atoms with E-state index >= 15 is 0 Å². The molecule has 1 heterocycles. The first-order valence-corrected chi connectivity index (χ1v) is 8.12. The molecule has 0 N–H and O–H groups in total. The molecule has 1 aromatic carbocycles. The van der Waals surface area contributed by atoms with Gasteiger partial charge in [-0.1, -0.05) is 19.1 Å². The van der Waals surface area contributed by atoms with Crippen molar-refractivity contribution in [2.75, 3.05) is 13.1 Å². The number of ether oxygens (including phenoxy) is 1. The molecule has 5 heteroatoms. The van der Waals surface area contributed by atoms with Crippen LogP contribution in [0.3, 0.4) is 0 Å². The zero-order chi connectivity index (χ0) is 14.0. The van der Waals surface area contributed by atoms with Gasteiger partial charge in [-0.3, -0.25) is 0 Å². The number of hydrogen-bond donors (Lipinski definition) is 0. The first kappa shape index (κ1) is 14.5. The van der Waals surface area contributed by atoms with Crippen LogP contribution < -0.4 is 0 Å². The van der Waals surface area contributed by atoms with Gasteiger partial charge in [-0.15, -0.1) is 0 Å². The van der Waals surface area contributed by atoms with E-state index in [-0.39, 0.29) is 12.2 Å². The molecule has 0 bridgehead atoms. The van der Waals surface area contributed by atoms with E-state index < -0.39 is 10.0 Å². The number of nitrogens with zero attached hydrogens (tertiary/aromatic N) is 1. The van der Waals surface area contributed by atoms with Crippen molar-refractivity contribution >= 4 is 10.0 Å². The molecule has 1 fully saturated rings. The highest BCUT2D eigenvalue weighted by Crippen LogP contribution is 2.21. The summed E-state index contributed by atoms with van der Waals surface area (Å²) in [6.45, 7) is 6.69. The van der Waals surface area contributed by atoms with Crippen molar-refractivity contribution in [3.63, 3.8) is 0 Å². The predicted molar refractivity (Wildman–Crippen MR) is 74.6 cm³/mol. The van der Waals surface area contributed by atoms with E-state index in [1.165, 1.54) is 4.31 Å². The van der Waals surface area contributed by atoms with Crippen LogP contribution in [0.1, 0.15) is 26.3 Å². The maximum atomic E-state index is 12.5. The molecule has 0 saturated carbocycles. The van der Waals surface area contributed by atoms with Crippen LogP contribution in [0.5, 0.6) is 0 Å². The average molecular weight is 283 g/mol. The molecule has 0 aromatic heterocycles. The van der Waals surface area contributed by atoms with E-state index in [1.807, 2.05) is 26.0 Å². The standard InChI is InChI=1S/C14H21NO3S/c1-4-13-5-7-14(8-6-13)19(16,17)15-9-11(2)18-12(3)10-15/h5-8,11-12H,4,9-10H2,1-3H3/t11-,12-/m0/s1. The lowest BCUT2D eigenvalue weighted by molar-refractivity contribution is -0.0440. The Hall–Kier alpha value is -0.910. The summed E-state index contributed by atoms with van der Waals surface area (Å²) in [7, 11) is -3.40. The van der Waals surface area contributed by atoms with Crippen molar-refractivity contribution in [1.82, 2.24) is 4.31 Å². The molecule has 19 heavy (non-hydrogen) atoms. The van der Waals surface area contributed by atoms with E-state index in [0.717, 1.165) is 12.0 Å². The van der Waals surface area contributed by atoms with Gasteiger partial charge in [0.1, 0.15) is 0 Å². The van der Waals surface area contributed by atoms with Crippen molar-refractivity contribution in [2.45, 2.75) is 44.3 Å². The molecular weight excluding hydrogens is 262 g/mol. The minimum atomic E-state index is -3.40. The number of rotatable bonds is 3. The normalized spacial score (nSPS) is 25.4. The Morgan fingerprint density at radius 3 is 2.16 bits per heavy atom. The topological polar surface area (TPSA) is 46.6 Å². The Bertz CT molecular complexity index is 514. The summed E-state index contributed by atoms with van der Waals surface area (Å²) in [6.07, 6.45) is 0.785. The van der Waals surface area contributed by atoms with Crippen LogP contribution >= 0.6 is 0 Å². The Kier molecular flexibility index (Phi) is 4.28. The monoisotopic (exact) mass is 283 g/mol. The van der Waals surface area contributed by atoms with Crippen molar-refractivity contribution < 1.29 is 13.2 Å². The molecule has 1 saturated heterocycles. The summed E-state index contributed by atoms with van der Waals surface area (Å²) in [4.78, 5) is 0.367. The zero-order valence-electron chi connectivity index (χ0n) is 11.7. The third kappa shape index (κ3) is 3.16. The van der Waals surface area contributed by atoms with E-state index in [2.05, 4.69) is 6.92 Å². The van der Waals surface area contributed by atoms with Gasteiger partial charge in [0.25, 0.3) is 0 Å². The van der Waals surface area contributed by atoms with Crippen LogP contribution in [-0.2, 0) is 21.2 Å². The number of benzene rings is 1. The SMILES string of the molecule is CCc1ccc(S(=O)(=O)N2C[C@H](C)O[C@@H](C)C2)cc1. The van der Waals surface area contributed by atoms with Crippen molar-refractivity contribution in [3.8, 4) is 0 Å². The highest BCUT2D eigenvalue weighted by atomic mass is 32.2. The van der Waals surface area contributed by atoms with E-state index in [0.29, 0.717) is 18.0 Å². The molecule has 1 aliphatic heterocycles. The fourth-order valence-electron chi connectivity index (χ4n) is 2.37. The lowest BCUT2D eigenvalue weighted by Crippen LogP contribution is -2.48. The number of morpholine rings is 1. The molecule has 0 unspecified atom stereocenters. The van der Waals surface area contributed by atoms with E-state index in [1.54, 1.807) is 12.1 Å². The summed E-state index contributed by atoms with van der Waals surface area (Å²) in [5.74, 6) is 0. The summed E-state index contributed by atoms with van der Waals surface area (Å²) in [5, 5.41) is 0. The number of aryl methyl sites for hydroxylation is 1. The first-order valence-electron chi connectivity index (χ1n) is 6.68. The van der Waals surface area contributed by atoms with E-state index in [4.69, 9.17) is 4.74 Å². The largest absolute Gasteiger partial charge is 0.373 e. The Morgan fingerprint density at radius 2 is 1.68 bits per heavy atom. The van der Waals surface area contributed by atoms with Gasteiger partial charge in [-0.05, 0) is 38.0 Å². The molecular formula is C14H21NO3S. The lowest BCUT2D eigenvalue weighted by atomic mass is 10.2. The van der Waals surface area contributed by atoms with Gasteiger partial charge in [0, 0.05) is 13.1 Å². The molecule has 2 atom stereocenters. The molecule has 106 valence electrons. The molecule has 0 radical (unpaired) electrons. The van der Waals surface area contributed by atoms with Gasteiger partial charge >= 0.3 is 0 Å². The van der Waals surface area contributed by atoms with Gasteiger partial charge in [-0.2, -0.15) is 4.31 Å². The fraction of sp³-hybridized carbons (Fsp3) is 0.571. The summed E-state index contributed by atoms with van der Waals surface area (Å²) < 4.78 is 32.2. The minimum absolute atomic E-state index is 0.0616. The second-order valence-corrected chi connectivity index (χ2v) is 7.01. The summed E-state index contributed by atoms with van der Waals surface area (Å²) in [5.41, 5.74) is 1.14. The number of sulfonamides is 1. The first-order chi connectivity index (χ1) is 8.93. The quantitative estimate of drug-likeness (QED) is 0.853.